The molecule has 1 amide bonds. The maximum atomic E-state index is 14.7. The van der Waals surface area contributed by atoms with E-state index in [9.17, 15) is 19.2 Å². The molecule has 2 aromatic carbocycles. The maximum absolute atomic E-state index is 14.7. The van der Waals surface area contributed by atoms with Gasteiger partial charge in [-0.25, -0.2) is 4.39 Å². The van der Waals surface area contributed by atoms with Gasteiger partial charge in [-0.05, 0) is 31.0 Å². The standard InChI is InChI=1S/C25H22FN3O3S/c1-32-16-7-4-6-15(12-16)28-22(31)14-33-25-18(13-27)23(17-8-2-3-9-19(17)26)24-20(29-25)10-5-11-21(24)30/h2-4,6-9,12,23,29H,5,10-11,14H2,1H3,(H,28,31). The first-order chi connectivity index (χ1) is 16.0. The molecule has 8 heteroatoms. The van der Waals surface area contributed by atoms with Crippen molar-refractivity contribution in [2.75, 3.05) is 18.2 Å². The minimum Gasteiger partial charge on any atom is -0.497 e. The lowest BCUT2D eigenvalue weighted by Gasteiger charge is -2.33. The number of allylic oxidation sites excluding steroid dienone is 3. The Morgan fingerprint density at radius 2 is 2.09 bits per heavy atom. The van der Waals surface area contributed by atoms with Crippen molar-refractivity contribution in [1.82, 2.24) is 5.32 Å². The lowest BCUT2D eigenvalue weighted by atomic mass is 9.76. The number of nitrogens with zero attached hydrogens (tertiary/aromatic N) is 1. The molecule has 1 unspecified atom stereocenters. The first kappa shape index (κ1) is 22.6. The van der Waals surface area contributed by atoms with Crippen LogP contribution in [-0.2, 0) is 9.59 Å². The number of benzene rings is 2. The van der Waals surface area contributed by atoms with Gasteiger partial charge in [0.05, 0.1) is 35.5 Å². The Morgan fingerprint density at radius 1 is 1.27 bits per heavy atom. The van der Waals surface area contributed by atoms with Crippen molar-refractivity contribution in [2.24, 2.45) is 0 Å². The Morgan fingerprint density at radius 3 is 2.85 bits per heavy atom. The summed E-state index contributed by atoms with van der Waals surface area (Å²) in [5.41, 5.74) is 2.28. The van der Waals surface area contributed by atoms with Crippen LogP contribution in [0.2, 0.25) is 0 Å². The summed E-state index contributed by atoms with van der Waals surface area (Å²) in [6.45, 7) is 0. The second-order valence-electron chi connectivity index (χ2n) is 7.67. The Labute approximate surface area is 195 Å². The number of dihydropyridines is 1. The van der Waals surface area contributed by atoms with Gasteiger partial charge in [0, 0.05) is 35.0 Å². The number of halogens is 1. The maximum Gasteiger partial charge on any atom is 0.234 e. The minimum atomic E-state index is -0.788. The number of rotatable bonds is 6. The van der Waals surface area contributed by atoms with Crippen LogP contribution in [0, 0.1) is 17.1 Å². The molecule has 168 valence electrons. The number of ether oxygens (including phenoxy) is 1. The fourth-order valence-corrected chi connectivity index (χ4v) is 4.96. The molecule has 0 saturated heterocycles. The predicted octanol–water partition coefficient (Wildman–Crippen LogP) is 4.64. The van der Waals surface area contributed by atoms with Crippen molar-refractivity contribution in [3.05, 3.63) is 81.8 Å². The van der Waals surface area contributed by atoms with Gasteiger partial charge >= 0.3 is 0 Å². The molecule has 0 saturated carbocycles. The smallest absolute Gasteiger partial charge is 0.234 e. The van der Waals surface area contributed by atoms with Crippen LogP contribution < -0.4 is 15.4 Å². The third kappa shape index (κ3) is 4.78. The summed E-state index contributed by atoms with van der Waals surface area (Å²) in [7, 11) is 1.55. The van der Waals surface area contributed by atoms with E-state index in [1.54, 1.807) is 49.6 Å². The van der Waals surface area contributed by atoms with Crippen LogP contribution in [0.1, 0.15) is 30.7 Å². The van der Waals surface area contributed by atoms with Crippen LogP contribution in [0.25, 0.3) is 0 Å². The van der Waals surface area contributed by atoms with Gasteiger partial charge in [-0.3, -0.25) is 9.59 Å². The molecule has 1 aliphatic heterocycles. The molecule has 0 radical (unpaired) electrons. The zero-order valence-electron chi connectivity index (χ0n) is 18.0. The number of methoxy groups -OCH3 is 1. The summed E-state index contributed by atoms with van der Waals surface area (Å²) in [6, 6.07) is 15.4. The number of anilines is 1. The molecular weight excluding hydrogens is 441 g/mol. The Hall–Kier alpha value is -3.57. The monoisotopic (exact) mass is 463 g/mol. The Kier molecular flexibility index (Phi) is 6.80. The molecule has 1 atom stereocenters. The lowest BCUT2D eigenvalue weighted by molar-refractivity contribution is -0.116. The van der Waals surface area contributed by atoms with Crippen molar-refractivity contribution in [2.45, 2.75) is 25.2 Å². The summed E-state index contributed by atoms with van der Waals surface area (Å²) in [6.07, 6.45) is 1.69. The molecule has 4 rings (SSSR count). The van der Waals surface area contributed by atoms with Crippen LogP contribution in [0.4, 0.5) is 10.1 Å². The van der Waals surface area contributed by atoms with E-state index >= 15 is 0 Å². The van der Waals surface area contributed by atoms with Gasteiger partial charge in [0.2, 0.25) is 5.91 Å². The van der Waals surface area contributed by atoms with Gasteiger partial charge in [-0.2, -0.15) is 5.26 Å². The van der Waals surface area contributed by atoms with E-state index in [-0.39, 0.29) is 28.6 Å². The quantitative estimate of drug-likeness (QED) is 0.649. The summed E-state index contributed by atoms with van der Waals surface area (Å²) in [4.78, 5) is 25.3. The lowest BCUT2D eigenvalue weighted by Crippen LogP contribution is -2.32. The zero-order valence-corrected chi connectivity index (χ0v) is 18.8. The first-order valence-corrected chi connectivity index (χ1v) is 11.5. The molecule has 1 heterocycles. The van der Waals surface area contributed by atoms with Gasteiger partial charge in [0.15, 0.2) is 5.78 Å². The van der Waals surface area contributed by atoms with Gasteiger partial charge in [0.1, 0.15) is 11.6 Å². The largest absolute Gasteiger partial charge is 0.497 e. The van der Waals surface area contributed by atoms with Crippen molar-refractivity contribution >= 4 is 29.1 Å². The number of carbonyl (C=O) groups excluding carboxylic acids is 2. The molecule has 2 aromatic rings. The molecule has 0 fully saturated rings. The number of carbonyl (C=O) groups is 2. The zero-order chi connectivity index (χ0) is 23.4. The predicted molar refractivity (Wildman–Crippen MR) is 125 cm³/mol. The highest BCUT2D eigenvalue weighted by atomic mass is 32.2. The first-order valence-electron chi connectivity index (χ1n) is 10.5. The third-order valence-electron chi connectivity index (χ3n) is 5.58. The van der Waals surface area contributed by atoms with Crippen LogP contribution in [-0.4, -0.2) is 24.6 Å². The number of thioether (sulfide) groups is 1. The summed E-state index contributed by atoms with van der Waals surface area (Å²) >= 11 is 1.16. The normalized spacial score (nSPS) is 17.7. The van der Waals surface area contributed by atoms with E-state index in [1.165, 1.54) is 6.07 Å². The van der Waals surface area contributed by atoms with E-state index in [0.29, 0.717) is 47.0 Å². The van der Waals surface area contributed by atoms with Crippen LogP contribution in [0.5, 0.6) is 5.75 Å². The minimum absolute atomic E-state index is 0.0330. The number of hydrogen-bond acceptors (Lipinski definition) is 6. The Balaban J connectivity index is 1.61. The molecule has 1 aliphatic carbocycles. The number of amides is 1. The van der Waals surface area contributed by atoms with Gasteiger partial charge < -0.3 is 15.4 Å². The molecule has 0 bridgehead atoms. The number of nitrogens with one attached hydrogen (secondary N) is 2. The molecule has 33 heavy (non-hydrogen) atoms. The van der Waals surface area contributed by atoms with Crippen LogP contribution >= 0.6 is 11.8 Å². The average molecular weight is 464 g/mol. The summed E-state index contributed by atoms with van der Waals surface area (Å²) < 4.78 is 19.9. The van der Waals surface area contributed by atoms with E-state index in [1.807, 2.05) is 0 Å². The van der Waals surface area contributed by atoms with E-state index in [0.717, 1.165) is 11.8 Å². The molecule has 6 nitrogen and oxygen atoms in total. The number of hydrogen-bond donors (Lipinski definition) is 2. The van der Waals surface area contributed by atoms with Crippen molar-refractivity contribution in [3.63, 3.8) is 0 Å². The van der Waals surface area contributed by atoms with Crippen LogP contribution in [0.15, 0.2) is 70.4 Å². The third-order valence-corrected chi connectivity index (χ3v) is 6.60. The SMILES string of the molecule is COc1cccc(NC(=O)CSC2=C(C#N)C(c3ccccc3F)C3=C(CCCC3=O)N2)c1. The van der Waals surface area contributed by atoms with Gasteiger partial charge in [-0.1, -0.05) is 36.0 Å². The summed E-state index contributed by atoms with van der Waals surface area (Å²) in [5, 5.41) is 16.5. The highest BCUT2D eigenvalue weighted by Crippen LogP contribution is 2.44. The average Bonchev–Trinajstić information content (AvgIpc) is 2.82. The number of Topliss-reactive ketones (excluding diaryl/α,β-unsaturated/α-hetero) is 1. The van der Waals surface area contributed by atoms with Gasteiger partial charge in [0.25, 0.3) is 0 Å². The molecule has 2 aliphatic rings. The topological polar surface area (TPSA) is 91.2 Å². The molecular formula is C25H22FN3O3S. The number of nitriles is 1. The Bertz CT molecular complexity index is 1220. The van der Waals surface area contributed by atoms with Crippen LogP contribution in [0.3, 0.4) is 0 Å². The van der Waals surface area contributed by atoms with E-state index in [2.05, 4.69) is 16.7 Å². The summed E-state index contributed by atoms with van der Waals surface area (Å²) in [5.74, 6) is -0.943. The highest BCUT2D eigenvalue weighted by Gasteiger charge is 2.38. The van der Waals surface area contributed by atoms with Crippen molar-refractivity contribution in [1.29, 1.82) is 5.26 Å². The second-order valence-corrected chi connectivity index (χ2v) is 8.66. The fourth-order valence-electron chi connectivity index (χ4n) is 4.09. The fraction of sp³-hybridized carbons (Fsp3) is 0.240. The number of ketones is 1. The molecule has 0 aromatic heterocycles. The van der Waals surface area contributed by atoms with E-state index in [4.69, 9.17) is 4.74 Å². The molecule has 2 N–H and O–H groups in total. The highest BCUT2D eigenvalue weighted by molar-refractivity contribution is 8.03. The molecule has 0 spiro atoms. The van der Waals surface area contributed by atoms with Gasteiger partial charge in [-0.15, -0.1) is 0 Å². The van der Waals surface area contributed by atoms with Crippen molar-refractivity contribution in [3.8, 4) is 11.8 Å². The second kappa shape index (κ2) is 9.92. The van der Waals surface area contributed by atoms with E-state index < -0.39 is 11.7 Å². The van der Waals surface area contributed by atoms with Crippen molar-refractivity contribution < 1.29 is 18.7 Å².